The number of carbonyl (C=O) groups excluding carboxylic acids is 1. The van der Waals surface area contributed by atoms with Crippen LogP contribution in [0.2, 0.25) is 0 Å². The monoisotopic (exact) mass is 356 g/mol. The van der Waals surface area contributed by atoms with Crippen LogP contribution in [0.5, 0.6) is 0 Å². The summed E-state index contributed by atoms with van der Waals surface area (Å²) in [5, 5.41) is 10.1. The number of rotatable bonds is 3. The molecule has 0 saturated carbocycles. The average Bonchev–Trinajstić information content (AvgIpc) is 3.29. The van der Waals surface area contributed by atoms with E-state index in [9.17, 15) is 9.59 Å². The van der Waals surface area contributed by atoms with Gasteiger partial charge in [-0.3, -0.25) is 4.79 Å². The zero-order valence-corrected chi connectivity index (χ0v) is 14.9. The van der Waals surface area contributed by atoms with Gasteiger partial charge in [0, 0.05) is 42.8 Å². The number of ether oxygens (including phenoxy) is 1. The Morgan fingerprint density at radius 1 is 1.12 bits per heavy atom. The lowest BCUT2D eigenvalue weighted by atomic mass is 9.89. The first-order valence-electron chi connectivity index (χ1n) is 9.26. The summed E-state index contributed by atoms with van der Waals surface area (Å²) in [7, 11) is 1.98. The van der Waals surface area contributed by atoms with E-state index in [2.05, 4.69) is 0 Å². The highest BCUT2D eigenvalue weighted by Gasteiger charge is 2.37. The smallest absolute Gasteiger partial charge is 0.332 e. The molecule has 2 aromatic rings. The van der Waals surface area contributed by atoms with Crippen LogP contribution in [0.4, 0.5) is 0 Å². The molecule has 0 aliphatic carbocycles. The number of carbonyl (C=O) groups is 2. The van der Waals surface area contributed by atoms with Gasteiger partial charge in [-0.25, -0.2) is 4.79 Å². The van der Waals surface area contributed by atoms with E-state index in [0.717, 1.165) is 35.7 Å². The molecule has 2 aliphatic heterocycles. The number of aliphatic carboxylic acids is 1. The Hall–Kier alpha value is -2.34. The highest BCUT2D eigenvalue weighted by molar-refractivity contribution is 6.06. The summed E-state index contributed by atoms with van der Waals surface area (Å²) in [5.74, 6) is -0.442. The second-order valence-corrected chi connectivity index (χ2v) is 7.37. The SMILES string of the molecule is Cn1ccc2c(C(=O)N3CCC([C@@H]4CC[C@H](C(=O)O)O4)CC3)cccc21. The molecule has 1 aromatic carbocycles. The first-order valence-corrected chi connectivity index (χ1v) is 9.26. The van der Waals surface area contributed by atoms with E-state index in [4.69, 9.17) is 9.84 Å². The molecule has 138 valence electrons. The van der Waals surface area contributed by atoms with Crippen molar-refractivity contribution in [2.75, 3.05) is 13.1 Å². The highest BCUT2D eigenvalue weighted by atomic mass is 16.5. The quantitative estimate of drug-likeness (QED) is 0.918. The van der Waals surface area contributed by atoms with Crippen LogP contribution >= 0.6 is 0 Å². The summed E-state index contributed by atoms with van der Waals surface area (Å²) >= 11 is 0. The van der Waals surface area contributed by atoms with Crippen LogP contribution in [0.3, 0.4) is 0 Å². The maximum atomic E-state index is 13.0. The van der Waals surface area contributed by atoms with Crippen molar-refractivity contribution in [2.45, 2.75) is 37.9 Å². The molecule has 2 aliphatic rings. The molecule has 1 aromatic heterocycles. The Morgan fingerprint density at radius 3 is 2.58 bits per heavy atom. The second-order valence-electron chi connectivity index (χ2n) is 7.37. The minimum absolute atomic E-state index is 0.0194. The van der Waals surface area contributed by atoms with E-state index >= 15 is 0 Å². The normalized spacial score (nSPS) is 24.3. The van der Waals surface area contributed by atoms with Crippen LogP contribution in [0, 0.1) is 5.92 Å². The number of likely N-dealkylation sites (tertiary alicyclic amines) is 1. The lowest BCUT2D eigenvalue weighted by Crippen LogP contribution is -2.41. The van der Waals surface area contributed by atoms with E-state index in [1.54, 1.807) is 0 Å². The zero-order valence-electron chi connectivity index (χ0n) is 14.9. The van der Waals surface area contributed by atoms with Gasteiger partial charge in [-0.15, -0.1) is 0 Å². The van der Waals surface area contributed by atoms with Gasteiger partial charge in [-0.05, 0) is 49.8 Å². The van der Waals surface area contributed by atoms with Crippen molar-refractivity contribution in [1.29, 1.82) is 0 Å². The zero-order chi connectivity index (χ0) is 18.3. The predicted molar refractivity (Wildman–Crippen MR) is 97.1 cm³/mol. The second kappa shape index (κ2) is 6.76. The number of aryl methyl sites for hydroxylation is 1. The third-order valence-corrected chi connectivity index (χ3v) is 5.84. The molecule has 0 unspecified atom stereocenters. The molecule has 6 nitrogen and oxygen atoms in total. The van der Waals surface area contributed by atoms with Crippen LogP contribution < -0.4 is 0 Å². The van der Waals surface area contributed by atoms with Gasteiger partial charge >= 0.3 is 5.97 Å². The Labute approximate surface area is 152 Å². The molecule has 2 saturated heterocycles. The topological polar surface area (TPSA) is 71.8 Å². The van der Waals surface area contributed by atoms with E-state index in [-0.39, 0.29) is 12.0 Å². The van der Waals surface area contributed by atoms with Gasteiger partial charge in [0.05, 0.1) is 6.10 Å². The van der Waals surface area contributed by atoms with Crippen LogP contribution in [0.15, 0.2) is 30.5 Å². The van der Waals surface area contributed by atoms with E-state index in [0.29, 0.717) is 25.4 Å². The summed E-state index contributed by atoms with van der Waals surface area (Å²) in [5.41, 5.74) is 1.81. The number of piperidine rings is 1. The Kier molecular flexibility index (Phi) is 4.44. The predicted octanol–water partition coefficient (Wildman–Crippen LogP) is 2.66. The maximum absolute atomic E-state index is 13.0. The lowest BCUT2D eigenvalue weighted by molar-refractivity contribution is -0.150. The molecule has 1 N–H and O–H groups in total. The number of hydrogen-bond donors (Lipinski definition) is 1. The van der Waals surface area contributed by atoms with Gasteiger partial charge in [0.2, 0.25) is 0 Å². The summed E-state index contributed by atoms with van der Waals surface area (Å²) in [6.07, 6.45) is 4.47. The van der Waals surface area contributed by atoms with Crippen LogP contribution in [-0.4, -0.2) is 51.7 Å². The Bertz CT molecular complexity index is 835. The first-order chi connectivity index (χ1) is 12.5. The molecule has 0 radical (unpaired) electrons. The molecule has 2 fully saturated rings. The van der Waals surface area contributed by atoms with E-state index in [1.165, 1.54) is 0 Å². The number of amides is 1. The third-order valence-electron chi connectivity index (χ3n) is 5.84. The fraction of sp³-hybridized carbons (Fsp3) is 0.500. The number of nitrogens with zero attached hydrogens (tertiary/aromatic N) is 2. The van der Waals surface area contributed by atoms with Crippen molar-refractivity contribution in [3.63, 3.8) is 0 Å². The first kappa shape index (κ1) is 17.1. The van der Waals surface area contributed by atoms with Gasteiger partial charge in [0.1, 0.15) is 0 Å². The Balaban J connectivity index is 1.41. The molecular weight excluding hydrogens is 332 g/mol. The molecule has 3 heterocycles. The van der Waals surface area contributed by atoms with Gasteiger partial charge < -0.3 is 19.3 Å². The average molecular weight is 356 g/mol. The van der Waals surface area contributed by atoms with Crippen molar-refractivity contribution in [3.05, 3.63) is 36.0 Å². The number of fused-ring (bicyclic) bond motifs is 1. The molecule has 1 amide bonds. The maximum Gasteiger partial charge on any atom is 0.332 e. The number of carboxylic acids is 1. The fourth-order valence-electron chi connectivity index (χ4n) is 4.32. The fourth-order valence-corrected chi connectivity index (χ4v) is 4.32. The largest absolute Gasteiger partial charge is 0.479 e. The van der Waals surface area contributed by atoms with Crippen molar-refractivity contribution < 1.29 is 19.4 Å². The summed E-state index contributed by atoms with van der Waals surface area (Å²) in [6.45, 7) is 1.40. The molecule has 26 heavy (non-hydrogen) atoms. The Morgan fingerprint density at radius 2 is 1.88 bits per heavy atom. The molecule has 2 atom stereocenters. The number of hydrogen-bond acceptors (Lipinski definition) is 3. The van der Waals surface area contributed by atoms with Crippen LogP contribution in [0.1, 0.15) is 36.0 Å². The number of aromatic nitrogens is 1. The molecule has 6 heteroatoms. The van der Waals surface area contributed by atoms with Crippen molar-refractivity contribution >= 4 is 22.8 Å². The van der Waals surface area contributed by atoms with E-state index in [1.807, 2.05) is 47.0 Å². The van der Waals surface area contributed by atoms with Crippen molar-refractivity contribution in [2.24, 2.45) is 13.0 Å². The van der Waals surface area contributed by atoms with Crippen molar-refractivity contribution in [3.8, 4) is 0 Å². The molecule has 0 spiro atoms. The minimum Gasteiger partial charge on any atom is -0.479 e. The van der Waals surface area contributed by atoms with Crippen LogP contribution in [0.25, 0.3) is 10.9 Å². The van der Waals surface area contributed by atoms with E-state index < -0.39 is 12.1 Å². The minimum atomic E-state index is -0.865. The standard InChI is InChI=1S/C20H24N2O4/c1-21-10-9-14-15(3-2-4-16(14)21)19(23)22-11-7-13(8-12-22)17-5-6-18(26-17)20(24)25/h2-4,9-10,13,17-18H,5-8,11-12H2,1H3,(H,24,25)/t17-,18+/m0/s1. The molecular formula is C20H24N2O4. The van der Waals surface area contributed by atoms with Gasteiger partial charge in [0.15, 0.2) is 6.10 Å². The third kappa shape index (κ3) is 2.98. The van der Waals surface area contributed by atoms with Gasteiger partial charge in [0.25, 0.3) is 5.91 Å². The molecule has 0 bridgehead atoms. The number of benzene rings is 1. The number of carboxylic acid groups (broad SMARTS) is 1. The lowest BCUT2D eigenvalue weighted by Gasteiger charge is -2.34. The summed E-state index contributed by atoms with van der Waals surface area (Å²) in [4.78, 5) is 26.0. The summed E-state index contributed by atoms with van der Waals surface area (Å²) in [6, 6.07) is 7.84. The van der Waals surface area contributed by atoms with Gasteiger partial charge in [-0.1, -0.05) is 6.07 Å². The van der Waals surface area contributed by atoms with Gasteiger partial charge in [-0.2, -0.15) is 0 Å². The van der Waals surface area contributed by atoms with Crippen molar-refractivity contribution in [1.82, 2.24) is 9.47 Å². The van der Waals surface area contributed by atoms with Crippen LogP contribution in [-0.2, 0) is 16.6 Å². The highest BCUT2D eigenvalue weighted by Crippen LogP contribution is 2.32. The molecule has 4 rings (SSSR count). The summed E-state index contributed by atoms with van der Waals surface area (Å²) < 4.78 is 7.72.